The minimum Gasteiger partial charge on any atom is -0.353 e. The van der Waals surface area contributed by atoms with E-state index in [0.29, 0.717) is 19.3 Å². The van der Waals surface area contributed by atoms with E-state index in [-0.39, 0.29) is 6.29 Å². The Kier molecular flexibility index (Phi) is 6.93. The fourth-order valence-electron chi connectivity index (χ4n) is 1.79. The lowest BCUT2D eigenvalue weighted by molar-refractivity contribution is -0.138. The highest BCUT2D eigenvalue weighted by molar-refractivity contribution is 5.08. The van der Waals surface area contributed by atoms with Crippen LogP contribution < -0.4 is 5.32 Å². The number of aromatic nitrogens is 2. The molecule has 1 rings (SSSR count). The van der Waals surface area contributed by atoms with Gasteiger partial charge in [-0.1, -0.05) is 0 Å². The summed E-state index contributed by atoms with van der Waals surface area (Å²) >= 11 is 0. The van der Waals surface area contributed by atoms with E-state index in [2.05, 4.69) is 17.3 Å². The molecule has 0 saturated heterocycles. The largest absolute Gasteiger partial charge is 0.353 e. The molecule has 1 heterocycles. The first-order chi connectivity index (χ1) is 8.67. The highest BCUT2D eigenvalue weighted by Crippen LogP contribution is 2.10. The predicted octanol–water partition coefficient (Wildman–Crippen LogP) is 1.86. The van der Waals surface area contributed by atoms with Gasteiger partial charge in [-0.15, -0.1) is 0 Å². The highest BCUT2D eigenvalue weighted by atomic mass is 16.7. The van der Waals surface area contributed by atoms with Crippen molar-refractivity contribution in [2.24, 2.45) is 7.05 Å². The normalized spacial score (nSPS) is 13.2. The van der Waals surface area contributed by atoms with E-state index in [0.717, 1.165) is 13.0 Å². The number of hydrogen-bond acceptors (Lipinski definition) is 4. The number of rotatable bonds is 9. The first-order valence-corrected chi connectivity index (χ1v) is 6.62. The molecule has 0 aliphatic heterocycles. The van der Waals surface area contributed by atoms with Gasteiger partial charge in [-0.2, -0.15) is 5.10 Å². The molecule has 0 fully saturated rings. The van der Waals surface area contributed by atoms with Crippen molar-refractivity contribution in [3.05, 3.63) is 18.0 Å². The van der Waals surface area contributed by atoms with Crippen LogP contribution in [0.4, 0.5) is 0 Å². The number of ether oxygens (including phenoxy) is 2. The van der Waals surface area contributed by atoms with Gasteiger partial charge in [0.15, 0.2) is 6.29 Å². The van der Waals surface area contributed by atoms with Crippen molar-refractivity contribution < 1.29 is 9.47 Å². The number of nitrogens with zero attached hydrogens (tertiary/aromatic N) is 2. The molecule has 5 nitrogen and oxygen atoms in total. The van der Waals surface area contributed by atoms with Gasteiger partial charge in [0.25, 0.3) is 0 Å². The van der Waals surface area contributed by atoms with Crippen LogP contribution in [0.15, 0.2) is 12.4 Å². The maximum Gasteiger partial charge on any atom is 0.158 e. The van der Waals surface area contributed by atoms with Crippen molar-refractivity contribution in [3.8, 4) is 0 Å². The molecular weight excluding hydrogens is 230 g/mol. The highest BCUT2D eigenvalue weighted by Gasteiger charge is 2.10. The van der Waals surface area contributed by atoms with Crippen LogP contribution in [0.1, 0.15) is 38.8 Å². The van der Waals surface area contributed by atoms with Gasteiger partial charge in [-0.05, 0) is 20.8 Å². The summed E-state index contributed by atoms with van der Waals surface area (Å²) in [4.78, 5) is 0. The zero-order chi connectivity index (χ0) is 13.4. The average molecular weight is 255 g/mol. The first kappa shape index (κ1) is 15.1. The Morgan fingerprint density at radius 3 is 2.50 bits per heavy atom. The molecule has 0 aromatic carbocycles. The van der Waals surface area contributed by atoms with Gasteiger partial charge in [-0.25, -0.2) is 0 Å². The smallest absolute Gasteiger partial charge is 0.158 e. The SMILES string of the molecule is CCOC(CCNC(C)c1cnn(C)c1)OCC. The van der Waals surface area contributed by atoms with E-state index in [9.17, 15) is 0 Å². The second kappa shape index (κ2) is 8.24. The standard InChI is InChI=1S/C13H25N3O2/c1-5-17-13(18-6-2)7-8-14-11(3)12-9-15-16(4)10-12/h9-11,13-14H,5-8H2,1-4H3. The average Bonchev–Trinajstić information content (AvgIpc) is 2.76. The summed E-state index contributed by atoms with van der Waals surface area (Å²) in [6.45, 7) is 8.33. The van der Waals surface area contributed by atoms with E-state index in [1.54, 1.807) is 0 Å². The van der Waals surface area contributed by atoms with Gasteiger partial charge in [0.05, 0.1) is 6.20 Å². The lowest BCUT2D eigenvalue weighted by Gasteiger charge is -2.18. The van der Waals surface area contributed by atoms with Gasteiger partial charge in [0, 0.05) is 51.0 Å². The van der Waals surface area contributed by atoms with Crippen molar-refractivity contribution in [3.63, 3.8) is 0 Å². The lowest BCUT2D eigenvalue weighted by atomic mass is 10.2. The zero-order valence-electron chi connectivity index (χ0n) is 11.8. The van der Waals surface area contributed by atoms with Crippen LogP contribution in [0.25, 0.3) is 0 Å². The van der Waals surface area contributed by atoms with Gasteiger partial charge in [0.1, 0.15) is 0 Å². The maximum atomic E-state index is 5.50. The third kappa shape index (κ3) is 5.16. The van der Waals surface area contributed by atoms with Crippen LogP contribution in [0.5, 0.6) is 0 Å². The van der Waals surface area contributed by atoms with Crippen molar-refractivity contribution in [1.82, 2.24) is 15.1 Å². The summed E-state index contributed by atoms with van der Waals surface area (Å²) < 4.78 is 12.8. The molecule has 104 valence electrons. The van der Waals surface area contributed by atoms with E-state index in [4.69, 9.17) is 9.47 Å². The van der Waals surface area contributed by atoms with Gasteiger partial charge in [-0.3, -0.25) is 4.68 Å². The van der Waals surface area contributed by atoms with Crippen LogP contribution >= 0.6 is 0 Å². The minimum absolute atomic E-state index is 0.103. The van der Waals surface area contributed by atoms with Crippen molar-refractivity contribution in [1.29, 1.82) is 0 Å². The van der Waals surface area contributed by atoms with Crippen LogP contribution in [0.2, 0.25) is 0 Å². The molecule has 0 saturated carbocycles. The summed E-state index contributed by atoms with van der Waals surface area (Å²) in [5, 5.41) is 7.61. The molecule has 0 aliphatic rings. The quantitative estimate of drug-likeness (QED) is 0.684. The Bertz CT molecular complexity index is 322. The van der Waals surface area contributed by atoms with E-state index in [1.165, 1.54) is 5.56 Å². The molecule has 1 aromatic heterocycles. The second-order valence-electron chi connectivity index (χ2n) is 4.25. The predicted molar refractivity (Wildman–Crippen MR) is 71.3 cm³/mol. The Balaban J connectivity index is 2.27. The van der Waals surface area contributed by atoms with Crippen LogP contribution in [0, 0.1) is 0 Å². The van der Waals surface area contributed by atoms with Crippen LogP contribution in [-0.4, -0.2) is 35.8 Å². The Morgan fingerprint density at radius 2 is 2.00 bits per heavy atom. The summed E-state index contributed by atoms with van der Waals surface area (Å²) in [5.41, 5.74) is 1.20. The minimum atomic E-state index is -0.103. The number of aryl methyl sites for hydroxylation is 1. The van der Waals surface area contributed by atoms with E-state index >= 15 is 0 Å². The fraction of sp³-hybridized carbons (Fsp3) is 0.769. The third-order valence-corrected chi connectivity index (χ3v) is 2.76. The number of hydrogen-bond donors (Lipinski definition) is 1. The van der Waals surface area contributed by atoms with Crippen molar-refractivity contribution >= 4 is 0 Å². The third-order valence-electron chi connectivity index (χ3n) is 2.76. The first-order valence-electron chi connectivity index (χ1n) is 6.62. The van der Waals surface area contributed by atoms with Crippen molar-refractivity contribution in [2.45, 2.75) is 39.5 Å². The molecule has 0 spiro atoms. The molecule has 18 heavy (non-hydrogen) atoms. The molecule has 1 unspecified atom stereocenters. The summed E-state index contributed by atoms with van der Waals surface area (Å²) in [6, 6.07) is 0.294. The molecule has 0 amide bonds. The van der Waals surface area contributed by atoms with Crippen molar-refractivity contribution in [2.75, 3.05) is 19.8 Å². The lowest BCUT2D eigenvalue weighted by Crippen LogP contribution is -2.26. The molecule has 0 aliphatic carbocycles. The molecule has 1 atom stereocenters. The van der Waals surface area contributed by atoms with Gasteiger partial charge in [0.2, 0.25) is 0 Å². The molecule has 0 bridgehead atoms. The van der Waals surface area contributed by atoms with E-state index < -0.39 is 0 Å². The molecule has 1 aromatic rings. The molecule has 5 heteroatoms. The monoisotopic (exact) mass is 255 g/mol. The van der Waals surface area contributed by atoms with Gasteiger partial charge < -0.3 is 14.8 Å². The van der Waals surface area contributed by atoms with Gasteiger partial charge >= 0.3 is 0 Å². The molecule has 0 radical (unpaired) electrons. The zero-order valence-corrected chi connectivity index (χ0v) is 11.8. The summed E-state index contributed by atoms with van der Waals surface area (Å²) in [7, 11) is 1.93. The Labute approximate surface area is 109 Å². The van der Waals surface area contributed by atoms with Crippen LogP contribution in [-0.2, 0) is 16.5 Å². The second-order valence-corrected chi connectivity index (χ2v) is 4.25. The fourth-order valence-corrected chi connectivity index (χ4v) is 1.79. The molecular formula is C13H25N3O2. The van der Waals surface area contributed by atoms with E-state index in [1.807, 2.05) is 38.0 Å². The Hall–Kier alpha value is -0.910. The Morgan fingerprint density at radius 1 is 1.33 bits per heavy atom. The van der Waals surface area contributed by atoms with Crippen LogP contribution in [0.3, 0.4) is 0 Å². The number of nitrogens with one attached hydrogen (secondary N) is 1. The molecule has 1 N–H and O–H groups in total. The maximum absolute atomic E-state index is 5.50. The summed E-state index contributed by atoms with van der Waals surface area (Å²) in [5.74, 6) is 0. The topological polar surface area (TPSA) is 48.3 Å². The summed E-state index contributed by atoms with van der Waals surface area (Å²) in [6.07, 6.45) is 4.67.